The zero-order valence-corrected chi connectivity index (χ0v) is 11.7. The molecule has 0 radical (unpaired) electrons. The van der Waals surface area contributed by atoms with Crippen molar-refractivity contribution in [3.8, 4) is 0 Å². The van der Waals surface area contributed by atoms with Gasteiger partial charge < -0.3 is 0 Å². The zero-order valence-electron chi connectivity index (χ0n) is 9.34. The summed E-state index contributed by atoms with van der Waals surface area (Å²) in [5.74, 6) is 0.486. The van der Waals surface area contributed by atoms with Crippen molar-refractivity contribution in [2.45, 2.75) is 44.4 Å². The van der Waals surface area contributed by atoms with Gasteiger partial charge in [0.2, 0.25) is 0 Å². The van der Waals surface area contributed by atoms with Crippen molar-refractivity contribution in [2.75, 3.05) is 0 Å². The fourth-order valence-electron chi connectivity index (χ4n) is 1.89. The van der Waals surface area contributed by atoms with Gasteiger partial charge in [-0.2, -0.15) is 0 Å². The first-order valence-corrected chi connectivity index (χ1v) is 6.81. The first-order valence-electron chi connectivity index (χ1n) is 5.58. The van der Waals surface area contributed by atoms with Crippen LogP contribution in [0.2, 0.25) is 0 Å². The van der Waals surface area contributed by atoms with Gasteiger partial charge in [0.15, 0.2) is 0 Å². The molecule has 0 saturated carbocycles. The molecule has 0 aromatic heterocycles. The molecule has 1 aromatic carbocycles. The molecule has 0 heterocycles. The van der Waals surface area contributed by atoms with E-state index in [9.17, 15) is 0 Å². The smallest absolute Gasteiger partial charge is 0.0404 e. The lowest BCUT2D eigenvalue weighted by atomic mass is 9.91. The topological polar surface area (TPSA) is 0 Å². The van der Waals surface area contributed by atoms with E-state index in [4.69, 9.17) is 11.6 Å². The van der Waals surface area contributed by atoms with E-state index in [1.807, 2.05) is 0 Å². The summed E-state index contributed by atoms with van der Waals surface area (Å²) in [6.07, 6.45) is 3.35. The number of hydrogen-bond acceptors (Lipinski definition) is 0. The van der Waals surface area contributed by atoms with Crippen molar-refractivity contribution in [1.82, 2.24) is 0 Å². The lowest BCUT2D eigenvalue weighted by molar-refractivity contribution is 0.578. The number of benzene rings is 1. The minimum absolute atomic E-state index is 0.265. The van der Waals surface area contributed by atoms with E-state index in [2.05, 4.69) is 54.0 Å². The van der Waals surface area contributed by atoms with Crippen LogP contribution in [0.5, 0.6) is 0 Å². The second-order valence-corrected chi connectivity index (χ2v) is 5.35. The molecule has 2 unspecified atom stereocenters. The van der Waals surface area contributed by atoms with E-state index >= 15 is 0 Å². The third kappa shape index (κ3) is 3.81. The Morgan fingerprint density at radius 3 is 2.27 bits per heavy atom. The normalized spacial score (nSPS) is 14.9. The molecule has 0 aliphatic carbocycles. The van der Waals surface area contributed by atoms with E-state index in [0.29, 0.717) is 5.92 Å². The van der Waals surface area contributed by atoms with Crippen LogP contribution in [0.4, 0.5) is 0 Å². The van der Waals surface area contributed by atoms with Crippen LogP contribution in [0, 0.1) is 0 Å². The van der Waals surface area contributed by atoms with Gasteiger partial charge in [-0.25, -0.2) is 0 Å². The highest BCUT2D eigenvalue weighted by atomic mass is 79.9. The Morgan fingerprint density at radius 2 is 1.80 bits per heavy atom. The molecule has 1 aromatic rings. The van der Waals surface area contributed by atoms with Gasteiger partial charge in [-0.3, -0.25) is 0 Å². The van der Waals surface area contributed by atoms with Crippen LogP contribution in [0.15, 0.2) is 28.7 Å². The first kappa shape index (κ1) is 13.1. The summed E-state index contributed by atoms with van der Waals surface area (Å²) in [6.45, 7) is 4.39. The molecule has 15 heavy (non-hydrogen) atoms. The van der Waals surface area contributed by atoms with Gasteiger partial charge in [-0.15, -0.1) is 11.6 Å². The van der Waals surface area contributed by atoms with E-state index in [1.165, 1.54) is 5.56 Å². The summed E-state index contributed by atoms with van der Waals surface area (Å²) < 4.78 is 1.13. The van der Waals surface area contributed by atoms with Crippen LogP contribution in [0.1, 0.15) is 44.6 Å². The van der Waals surface area contributed by atoms with Crippen LogP contribution >= 0.6 is 27.5 Å². The number of alkyl halides is 1. The highest BCUT2D eigenvalue weighted by Gasteiger charge is 2.18. The second-order valence-electron chi connectivity index (χ2n) is 3.87. The van der Waals surface area contributed by atoms with Crippen molar-refractivity contribution in [3.05, 3.63) is 34.3 Å². The fourth-order valence-corrected chi connectivity index (χ4v) is 2.69. The molecular weight excluding hydrogens is 272 g/mol. The summed E-state index contributed by atoms with van der Waals surface area (Å²) in [6, 6.07) is 8.52. The molecule has 0 aliphatic rings. The third-order valence-corrected chi connectivity index (χ3v) is 3.79. The molecule has 0 aliphatic heterocycles. The van der Waals surface area contributed by atoms with Crippen LogP contribution in [0.3, 0.4) is 0 Å². The van der Waals surface area contributed by atoms with Crippen LogP contribution in [-0.2, 0) is 0 Å². The van der Waals surface area contributed by atoms with Gasteiger partial charge in [0.05, 0.1) is 0 Å². The predicted molar refractivity (Wildman–Crippen MR) is 71.7 cm³/mol. The maximum absolute atomic E-state index is 6.41. The maximum Gasteiger partial charge on any atom is 0.0404 e. The highest BCUT2D eigenvalue weighted by Crippen LogP contribution is 2.30. The Balaban J connectivity index is 2.77. The molecule has 1 rings (SSSR count). The lowest BCUT2D eigenvalue weighted by Crippen LogP contribution is -2.11. The Bertz CT molecular complexity index is 281. The summed E-state index contributed by atoms with van der Waals surface area (Å²) in [7, 11) is 0. The van der Waals surface area contributed by atoms with Crippen molar-refractivity contribution in [3.63, 3.8) is 0 Å². The molecule has 0 bridgehead atoms. The lowest BCUT2D eigenvalue weighted by Gasteiger charge is -2.21. The molecule has 0 nitrogen and oxygen atoms in total. The van der Waals surface area contributed by atoms with E-state index < -0.39 is 0 Å². The second kappa shape index (κ2) is 6.55. The summed E-state index contributed by atoms with van der Waals surface area (Å²) >= 11 is 9.86. The molecule has 0 N–H and O–H groups in total. The average molecular weight is 290 g/mol. The van der Waals surface area contributed by atoms with Crippen molar-refractivity contribution in [1.29, 1.82) is 0 Å². The molecule has 84 valence electrons. The molecule has 0 fully saturated rings. The SMILES string of the molecule is CCCC(Cl)C(CC)c1ccc(Br)cc1. The Morgan fingerprint density at radius 1 is 1.20 bits per heavy atom. The van der Waals surface area contributed by atoms with Gasteiger partial charge >= 0.3 is 0 Å². The first-order chi connectivity index (χ1) is 7.19. The quantitative estimate of drug-likeness (QED) is 0.641. The standard InChI is InChI=1S/C13H18BrCl/c1-3-5-13(15)12(4-2)10-6-8-11(14)9-7-10/h6-9,12-13H,3-5H2,1-2H3. The van der Waals surface area contributed by atoms with Crippen molar-refractivity contribution < 1.29 is 0 Å². The van der Waals surface area contributed by atoms with Gasteiger partial charge in [-0.05, 0) is 36.5 Å². The van der Waals surface area contributed by atoms with Gasteiger partial charge in [0.1, 0.15) is 0 Å². The Kier molecular flexibility index (Phi) is 5.70. The Hall–Kier alpha value is -0.0100. The van der Waals surface area contributed by atoms with Crippen LogP contribution in [0.25, 0.3) is 0 Å². The molecular formula is C13H18BrCl. The number of halogens is 2. The van der Waals surface area contributed by atoms with E-state index in [1.54, 1.807) is 0 Å². The number of hydrogen-bond donors (Lipinski definition) is 0. The van der Waals surface area contributed by atoms with Gasteiger partial charge in [-0.1, -0.05) is 48.3 Å². The Labute approximate surface area is 106 Å². The third-order valence-electron chi connectivity index (χ3n) is 2.74. The molecule has 0 amide bonds. The van der Waals surface area contributed by atoms with Crippen LogP contribution in [-0.4, -0.2) is 5.38 Å². The predicted octanol–water partition coefficient (Wildman–Crippen LogP) is 5.35. The molecule has 2 heteroatoms. The van der Waals surface area contributed by atoms with E-state index in [-0.39, 0.29) is 5.38 Å². The summed E-state index contributed by atoms with van der Waals surface area (Å²) in [5.41, 5.74) is 1.36. The minimum atomic E-state index is 0.265. The molecule has 2 atom stereocenters. The van der Waals surface area contributed by atoms with Crippen LogP contribution < -0.4 is 0 Å². The highest BCUT2D eigenvalue weighted by molar-refractivity contribution is 9.10. The van der Waals surface area contributed by atoms with Crippen molar-refractivity contribution in [2.24, 2.45) is 0 Å². The van der Waals surface area contributed by atoms with E-state index in [0.717, 1.165) is 23.7 Å². The number of rotatable bonds is 5. The largest absolute Gasteiger partial charge is 0.122 e. The average Bonchev–Trinajstić information content (AvgIpc) is 2.22. The van der Waals surface area contributed by atoms with Gasteiger partial charge in [0.25, 0.3) is 0 Å². The molecule has 0 spiro atoms. The van der Waals surface area contributed by atoms with Gasteiger partial charge in [0, 0.05) is 9.85 Å². The summed E-state index contributed by atoms with van der Waals surface area (Å²) in [4.78, 5) is 0. The monoisotopic (exact) mass is 288 g/mol. The molecule has 0 saturated heterocycles. The minimum Gasteiger partial charge on any atom is -0.122 e. The summed E-state index contributed by atoms with van der Waals surface area (Å²) in [5, 5.41) is 0.265. The maximum atomic E-state index is 6.41. The zero-order chi connectivity index (χ0) is 11.3. The fraction of sp³-hybridized carbons (Fsp3) is 0.538. The van der Waals surface area contributed by atoms with Crippen molar-refractivity contribution >= 4 is 27.5 Å².